The summed E-state index contributed by atoms with van der Waals surface area (Å²) in [5, 5.41) is 1.00. The van der Waals surface area contributed by atoms with E-state index in [0.29, 0.717) is 6.61 Å². The highest BCUT2D eigenvalue weighted by molar-refractivity contribution is 7.89. The molecule has 0 fully saturated rings. The van der Waals surface area contributed by atoms with Crippen molar-refractivity contribution in [2.24, 2.45) is 0 Å². The fourth-order valence-electron chi connectivity index (χ4n) is 3.31. The van der Waals surface area contributed by atoms with Gasteiger partial charge in [-0.2, -0.15) is 0 Å². The van der Waals surface area contributed by atoms with E-state index in [1.807, 2.05) is 49.3 Å². The summed E-state index contributed by atoms with van der Waals surface area (Å²) >= 11 is 0. The van der Waals surface area contributed by atoms with Crippen molar-refractivity contribution in [3.63, 3.8) is 0 Å². The Labute approximate surface area is 158 Å². The maximum Gasteiger partial charge on any atom is 0.240 e. The Morgan fingerprint density at radius 2 is 1.96 bits per heavy atom. The van der Waals surface area contributed by atoms with Crippen LogP contribution in [0.1, 0.15) is 17.4 Å². The Balaban J connectivity index is 1.55. The minimum Gasteiger partial charge on any atom is -0.493 e. The highest BCUT2D eigenvalue weighted by Gasteiger charge is 2.24. The standard InChI is InChI=1S/C20H22N2O4S/c1-22(2)17(20-12-14-5-3-4-6-19(14)26-20)13-21-27(23,24)16-7-8-18-15(11-16)9-10-25-18/h3-8,11-12,17,21H,9-10,13H2,1-2H3/t17-/m1/s1. The van der Waals surface area contributed by atoms with Crippen molar-refractivity contribution in [3.05, 3.63) is 59.9 Å². The quantitative estimate of drug-likeness (QED) is 0.705. The lowest BCUT2D eigenvalue weighted by atomic mass is 10.2. The highest BCUT2D eigenvalue weighted by atomic mass is 32.2. The van der Waals surface area contributed by atoms with Gasteiger partial charge in [0.1, 0.15) is 17.1 Å². The fraction of sp³-hybridized carbons (Fsp3) is 0.300. The number of benzene rings is 2. The molecule has 1 N–H and O–H groups in total. The molecule has 0 radical (unpaired) electrons. The van der Waals surface area contributed by atoms with Crippen LogP contribution in [0.5, 0.6) is 5.75 Å². The summed E-state index contributed by atoms with van der Waals surface area (Å²) in [4.78, 5) is 2.20. The van der Waals surface area contributed by atoms with Crippen LogP contribution in [0.4, 0.5) is 0 Å². The summed E-state index contributed by atoms with van der Waals surface area (Å²) in [6, 6.07) is 14.5. The maximum absolute atomic E-state index is 12.8. The molecule has 0 unspecified atom stereocenters. The van der Waals surface area contributed by atoms with E-state index < -0.39 is 10.0 Å². The summed E-state index contributed by atoms with van der Waals surface area (Å²) in [6.45, 7) is 0.809. The molecule has 3 aromatic rings. The molecule has 1 aliphatic rings. The first kappa shape index (κ1) is 18.0. The molecular weight excluding hydrogens is 364 g/mol. The van der Waals surface area contributed by atoms with Crippen molar-refractivity contribution in [3.8, 4) is 5.75 Å². The molecule has 2 aromatic carbocycles. The van der Waals surface area contributed by atoms with Crippen LogP contribution < -0.4 is 9.46 Å². The van der Waals surface area contributed by atoms with Gasteiger partial charge in [-0.05, 0) is 50.0 Å². The molecule has 0 amide bonds. The van der Waals surface area contributed by atoms with Crippen molar-refractivity contribution in [1.82, 2.24) is 9.62 Å². The number of nitrogens with one attached hydrogen (secondary N) is 1. The van der Waals surface area contributed by atoms with Crippen LogP contribution >= 0.6 is 0 Å². The van der Waals surface area contributed by atoms with Gasteiger partial charge in [0.2, 0.25) is 10.0 Å². The van der Waals surface area contributed by atoms with Crippen LogP contribution in [0, 0.1) is 0 Å². The monoisotopic (exact) mass is 386 g/mol. The lowest BCUT2D eigenvalue weighted by Gasteiger charge is -2.22. The van der Waals surface area contributed by atoms with Gasteiger partial charge in [-0.3, -0.25) is 4.90 Å². The second-order valence-corrected chi connectivity index (χ2v) is 8.65. The second-order valence-electron chi connectivity index (χ2n) is 6.89. The van der Waals surface area contributed by atoms with Gasteiger partial charge in [0, 0.05) is 18.4 Å². The van der Waals surface area contributed by atoms with E-state index in [0.717, 1.165) is 34.5 Å². The van der Waals surface area contributed by atoms with Gasteiger partial charge in [0.15, 0.2) is 0 Å². The van der Waals surface area contributed by atoms with Crippen molar-refractivity contribution in [1.29, 1.82) is 0 Å². The Morgan fingerprint density at radius 3 is 2.74 bits per heavy atom. The minimum absolute atomic E-state index is 0.211. The zero-order chi connectivity index (χ0) is 19.0. The Kier molecular flexibility index (Phi) is 4.67. The number of rotatable bonds is 6. The molecule has 0 aliphatic carbocycles. The number of fused-ring (bicyclic) bond motifs is 2. The molecule has 1 atom stereocenters. The average molecular weight is 386 g/mol. The first-order valence-corrected chi connectivity index (χ1v) is 10.3. The fourth-order valence-corrected chi connectivity index (χ4v) is 4.39. The molecule has 1 aliphatic heterocycles. The first-order valence-electron chi connectivity index (χ1n) is 8.84. The summed E-state index contributed by atoms with van der Waals surface area (Å²) < 4.78 is 39.6. The van der Waals surface area contributed by atoms with Gasteiger partial charge in [-0.15, -0.1) is 0 Å². The summed E-state index contributed by atoms with van der Waals surface area (Å²) in [5.74, 6) is 1.49. The van der Waals surface area contributed by atoms with E-state index in [4.69, 9.17) is 9.15 Å². The SMILES string of the molecule is CN(C)[C@H](CNS(=O)(=O)c1ccc2c(c1)CCO2)c1cc2ccccc2o1. The second kappa shape index (κ2) is 6.99. The average Bonchev–Trinajstić information content (AvgIpc) is 3.27. The van der Waals surface area contributed by atoms with E-state index in [1.54, 1.807) is 18.2 Å². The van der Waals surface area contributed by atoms with Gasteiger partial charge in [0.05, 0.1) is 17.5 Å². The minimum atomic E-state index is -3.62. The molecule has 0 saturated carbocycles. The van der Waals surface area contributed by atoms with Crippen LogP contribution in [0.3, 0.4) is 0 Å². The number of likely N-dealkylation sites (N-methyl/N-ethyl adjacent to an activating group) is 1. The van der Waals surface area contributed by atoms with Crippen molar-refractivity contribution < 1.29 is 17.6 Å². The zero-order valence-electron chi connectivity index (χ0n) is 15.3. The molecular formula is C20H22N2O4S. The summed E-state index contributed by atoms with van der Waals surface area (Å²) in [7, 11) is 0.181. The maximum atomic E-state index is 12.8. The number of para-hydroxylation sites is 1. The molecule has 2 heterocycles. The van der Waals surface area contributed by atoms with E-state index in [9.17, 15) is 8.42 Å². The number of ether oxygens (including phenoxy) is 1. The number of nitrogens with zero attached hydrogens (tertiary/aromatic N) is 1. The largest absolute Gasteiger partial charge is 0.493 e. The third-order valence-corrected chi connectivity index (χ3v) is 6.26. The normalized spacial score (nSPS) is 15.1. The van der Waals surface area contributed by atoms with Crippen LogP contribution in [-0.2, 0) is 16.4 Å². The lowest BCUT2D eigenvalue weighted by molar-refractivity contribution is 0.264. The predicted molar refractivity (Wildman–Crippen MR) is 103 cm³/mol. The number of hydrogen-bond donors (Lipinski definition) is 1. The number of sulfonamides is 1. The molecule has 4 rings (SSSR count). The van der Waals surface area contributed by atoms with Gasteiger partial charge in [0.25, 0.3) is 0 Å². The van der Waals surface area contributed by atoms with E-state index >= 15 is 0 Å². The molecule has 142 valence electrons. The molecule has 27 heavy (non-hydrogen) atoms. The molecule has 0 spiro atoms. The topological polar surface area (TPSA) is 71.8 Å². The molecule has 1 aromatic heterocycles. The number of furan rings is 1. The van der Waals surface area contributed by atoms with Crippen molar-refractivity contribution >= 4 is 21.0 Å². The van der Waals surface area contributed by atoms with E-state index in [1.165, 1.54) is 0 Å². The van der Waals surface area contributed by atoms with Crippen LogP contribution in [0.2, 0.25) is 0 Å². The van der Waals surface area contributed by atoms with Gasteiger partial charge in [-0.1, -0.05) is 18.2 Å². The summed E-state index contributed by atoms with van der Waals surface area (Å²) in [6.07, 6.45) is 0.734. The first-order chi connectivity index (χ1) is 12.9. The Bertz CT molecular complexity index is 1040. The van der Waals surface area contributed by atoms with Crippen LogP contribution in [0.15, 0.2) is 57.8 Å². The third kappa shape index (κ3) is 3.58. The summed E-state index contributed by atoms with van der Waals surface area (Å²) in [5.41, 5.74) is 1.72. The van der Waals surface area contributed by atoms with Crippen LogP contribution in [0.25, 0.3) is 11.0 Å². The smallest absolute Gasteiger partial charge is 0.240 e. The predicted octanol–water partition coefficient (Wildman–Crippen LogP) is 2.95. The molecule has 6 nitrogen and oxygen atoms in total. The van der Waals surface area contributed by atoms with E-state index in [-0.39, 0.29) is 17.5 Å². The van der Waals surface area contributed by atoms with E-state index in [2.05, 4.69) is 4.72 Å². The highest BCUT2D eigenvalue weighted by Crippen LogP contribution is 2.29. The van der Waals surface area contributed by atoms with Crippen molar-refractivity contribution in [2.75, 3.05) is 27.2 Å². The van der Waals surface area contributed by atoms with Crippen LogP contribution in [-0.4, -0.2) is 40.6 Å². The van der Waals surface area contributed by atoms with Gasteiger partial charge < -0.3 is 9.15 Å². The molecule has 7 heteroatoms. The lowest BCUT2D eigenvalue weighted by Crippen LogP contribution is -2.34. The molecule has 0 bridgehead atoms. The van der Waals surface area contributed by atoms with Crippen molar-refractivity contribution in [2.45, 2.75) is 17.4 Å². The molecule has 0 saturated heterocycles. The Morgan fingerprint density at radius 1 is 1.15 bits per heavy atom. The zero-order valence-corrected chi connectivity index (χ0v) is 16.1. The Hall–Kier alpha value is -2.35. The van der Waals surface area contributed by atoms with Gasteiger partial charge in [-0.25, -0.2) is 13.1 Å². The number of hydrogen-bond acceptors (Lipinski definition) is 5. The third-order valence-electron chi connectivity index (χ3n) is 4.83. The van der Waals surface area contributed by atoms with Gasteiger partial charge >= 0.3 is 0 Å².